The molecule has 0 aliphatic carbocycles. The van der Waals surface area contributed by atoms with Crippen molar-refractivity contribution in [2.24, 2.45) is 0 Å². The molecule has 0 aromatic carbocycles. The molecule has 0 heterocycles. The summed E-state index contributed by atoms with van der Waals surface area (Å²) in [4.78, 5) is 0. The van der Waals surface area contributed by atoms with Crippen LogP contribution in [0.2, 0.25) is 0 Å². The quantitative estimate of drug-likeness (QED) is 0.276. The van der Waals surface area contributed by atoms with Gasteiger partial charge in [-0.15, -0.1) is 0 Å². The molecule has 0 rings (SSSR count). The molecule has 12 heavy (non-hydrogen) atoms. The third kappa shape index (κ3) is 93.7. The molecule has 0 amide bonds. The van der Waals surface area contributed by atoms with E-state index >= 15 is 0 Å². The molecule has 4 nitrogen and oxygen atoms in total. The maximum atomic E-state index is 8.42. The van der Waals surface area contributed by atoms with E-state index in [-0.39, 0.29) is 48.8 Å². The fourth-order valence-corrected chi connectivity index (χ4v) is 0. The van der Waals surface area contributed by atoms with E-state index in [9.17, 15) is 0 Å². The van der Waals surface area contributed by atoms with Gasteiger partial charge in [0.15, 0.2) is 0 Å². The van der Waals surface area contributed by atoms with E-state index in [4.69, 9.17) is 13.4 Å². The summed E-state index contributed by atoms with van der Waals surface area (Å²) >= 11 is 9.69. The van der Waals surface area contributed by atoms with Crippen LogP contribution < -0.4 is 0 Å². The fraction of sp³-hybridized carbons (Fsp3) is 0. The van der Waals surface area contributed by atoms with E-state index in [0.717, 1.165) is 0 Å². The summed E-state index contributed by atoms with van der Waals surface area (Å²) in [5.74, 6) is 0. The Morgan fingerprint density at radius 2 is 0.833 bits per heavy atom. The Hall–Kier alpha value is 4.06. The predicted octanol–water partition coefficient (Wildman–Crippen LogP) is -0.486. The van der Waals surface area contributed by atoms with Crippen molar-refractivity contribution in [3.05, 3.63) is 0 Å². The van der Waals surface area contributed by atoms with Crippen LogP contribution in [0, 0.1) is 0 Å². The van der Waals surface area contributed by atoms with Crippen LogP contribution in [0.5, 0.6) is 0 Å². The second kappa shape index (κ2) is 81.1. The zero-order valence-electron chi connectivity index (χ0n) is 5.28. The van der Waals surface area contributed by atoms with Gasteiger partial charge in [0, 0.05) is 0 Å². The predicted molar refractivity (Wildman–Crippen MR) is 32.2 cm³/mol. The first-order valence-corrected chi connectivity index (χ1v) is 12.3. The molecular formula is H2Cu2In2Mo2O4S2. The average Bonchev–Trinajstić information content (AvgIpc) is 2.29. The van der Waals surface area contributed by atoms with E-state index in [1.54, 1.807) is 17.0 Å². The molecule has 12 heteroatoms. The normalized spacial score (nSPS) is 3.83. The summed E-state index contributed by atoms with van der Waals surface area (Å²) in [6.45, 7) is 0. The summed E-state index contributed by atoms with van der Waals surface area (Å²) in [6.07, 6.45) is 0. The van der Waals surface area contributed by atoms with E-state index in [2.05, 4.69) is 31.9 Å². The number of rotatable bonds is 1. The third-order valence-electron chi connectivity index (χ3n) is 0.0278. The Balaban J connectivity index is -0.0000000181. The van der Waals surface area contributed by atoms with E-state index in [0.29, 0.717) is 0 Å². The Morgan fingerprint density at radius 1 is 0.750 bits per heavy atom. The molecule has 0 spiro atoms. The van der Waals surface area contributed by atoms with Crippen LogP contribution in [0.15, 0.2) is 0 Å². The molecule has 0 unspecified atom stereocenters. The molecule has 0 fully saturated rings. The molecule has 0 saturated carbocycles. The second-order valence-corrected chi connectivity index (χ2v) is 7.25. The molecule has 0 aromatic heterocycles. The van der Waals surface area contributed by atoms with Crippen LogP contribution in [0.4, 0.5) is 0 Å². The van der Waals surface area contributed by atoms with Crippen molar-refractivity contribution in [1.82, 2.24) is 0 Å². The minimum atomic E-state index is -0.1000. The summed E-state index contributed by atoms with van der Waals surface area (Å²) < 4.78 is 32.5. The van der Waals surface area contributed by atoms with Crippen molar-refractivity contribution >= 4 is 65.8 Å². The topological polar surface area (TPSA) is 68.3 Å². The van der Waals surface area contributed by atoms with Crippen LogP contribution in [0.3, 0.4) is 0 Å². The SMILES string of the molecule is [Mo][S][S][Mo].[O]=[Cu].[O]=[Cu].[O]=[InH].[O]=[InH]. The molecular weight excluding hydrogens is 677 g/mol. The fourth-order valence-electron chi connectivity index (χ4n) is 0. The van der Waals surface area contributed by atoms with E-state index < -0.39 is 0 Å². The van der Waals surface area contributed by atoms with Crippen LogP contribution in [0.25, 0.3) is 0 Å². The van der Waals surface area contributed by atoms with Crippen molar-refractivity contribution < 1.29 is 82.3 Å². The standard InChI is InChI=1S/2Cu.2In.2Mo.4O.S2.2H/c;;;;;;;;;;1-2;;/q;;;;2*+1;;;;;-2;;. The molecule has 78 valence electrons. The van der Waals surface area contributed by atoms with Gasteiger partial charge in [-0.25, -0.2) is 0 Å². The first-order chi connectivity index (χ1) is 5.91. The zero-order valence-corrected chi connectivity index (χ0v) is 20.9. The summed E-state index contributed by atoms with van der Waals surface area (Å²) in [6, 6.07) is 0. The van der Waals surface area contributed by atoms with Gasteiger partial charge in [-0.05, 0) is 0 Å². The van der Waals surface area contributed by atoms with E-state index in [1.807, 2.05) is 37.1 Å². The molecule has 0 atom stereocenters. The van der Waals surface area contributed by atoms with Crippen LogP contribution in [-0.2, 0) is 82.3 Å². The summed E-state index contributed by atoms with van der Waals surface area (Å²) in [5, 5.41) is 0. The Bertz CT molecular complexity index is 48.0. The van der Waals surface area contributed by atoms with Crippen molar-refractivity contribution in [3.63, 3.8) is 0 Å². The Labute approximate surface area is 145 Å². The molecule has 0 saturated heterocycles. The zero-order chi connectivity index (χ0) is 11.4. The molecule has 0 aliphatic rings. The minimum absolute atomic E-state index is 0.1000. The van der Waals surface area contributed by atoms with Gasteiger partial charge in [0.1, 0.15) is 0 Å². The van der Waals surface area contributed by atoms with Crippen molar-refractivity contribution in [3.8, 4) is 0 Å². The van der Waals surface area contributed by atoms with Crippen LogP contribution in [0.1, 0.15) is 0 Å². The molecule has 0 bridgehead atoms. The molecule has 0 radical (unpaired) electrons. The van der Waals surface area contributed by atoms with Crippen LogP contribution >= 0.6 is 17.0 Å². The van der Waals surface area contributed by atoms with Crippen molar-refractivity contribution in [1.29, 1.82) is 0 Å². The van der Waals surface area contributed by atoms with Gasteiger partial charge in [0.05, 0.1) is 0 Å². The first kappa shape index (κ1) is 29.8. The van der Waals surface area contributed by atoms with Crippen molar-refractivity contribution in [2.45, 2.75) is 0 Å². The third-order valence-corrected chi connectivity index (χ3v) is 8.75. The van der Waals surface area contributed by atoms with Gasteiger partial charge in [-0.1, -0.05) is 0 Å². The Kier molecular flexibility index (Phi) is 201. The molecule has 0 aromatic rings. The van der Waals surface area contributed by atoms with Crippen molar-refractivity contribution in [2.75, 3.05) is 0 Å². The van der Waals surface area contributed by atoms with Crippen LogP contribution in [-0.4, -0.2) is 48.8 Å². The number of hydrogen-bond acceptors (Lipinski definition) is 6. The Morgan fingerprint density at radius 3 is 0.833 bits per heavy atom. The van der Waals surface area contributed by atoms with Gasteiger partial charge in [-0.3, -0.25) is 0 Å². The van der Waals surface area contributed by atoms with Gasteiger partial charge >= 0.3 is 148 Å². The number of hydrogen-bond donors (Lipinski definition) is 0. The average molecular weight is 679 g/mol. The second-order valence-electron chi connectivity index (χ2n) is 0.136. The van der Waals surface area contributed by atoms with Gasteiger partial charge in [-0.2, -0.15) is 0 Å². The maximum absolute atomic E-state index is 8.42. The van der Waals surface area contributed by atoms with E-state index in [1.165, 1.54) is 0 Å². The van der Waals surface area contributed by atoms with Gasteiger partial charge < -0.3 is 0 Å². The summed E-state index contributed by atoms with van der Waals surface area (Å²) in [5.41, 5.74) is 0. The van der Waals surface area contributed by atoms with Gasteiger partial charge in [0.25, 0.3) is 0 Å². The summed E-state index contributed by atoms with van der Waals surface area (Å²) in [7, 11) is 3.58. The van der Waals surface area contributed by atoms with Gasteiger partial charge in [0.2, 0.25) is 0 Å². The first-order valence-electron chi connectivity index (χ1n) is 1.32. The molecule has 0 N–H and O–H groups in total. The molecule has 0 aliphatic heterocycles. The monoisotopic (exact) mass is 681 g/mol.